The number of hydrogen-bond acceptors (Lipinski definition) is 3. The molecule has 31 heavy (non-hydrogen) atoms. The number of aryl methyl sites for hydroxylation is 1. The molecule has 0 atom stereocenters. The Morgan fingerprint density at radius 3 is 2.26 bits per heavy atom. The summed E-state index contributed by atoms with van der Waals surface area (Å²) in [6.07, 6.45) is 0. The fourth-order valence-corrected chi connectivity index (χ4v) is 3.35. The molecule has 0 aliphatic rings. The van der Waals surface area contributed by atoms with Crippen LogP contribution >= 0.6 is 0 Å². The highest BCUT2D eigenvalue weighted by molar-refractivity contribution is 5.93. The number of amides is 1. The first-order valence-electron chi connectivity index (χ1n) is 10.3. The van der Waals surface area contributed by atoms with Crippen LogP contribution in [0.2, 0.25) is 0 Å². The van der Waals surface area contributed by atoms with Crippen molar-refractivity contribution in [3.63, 3.8) is 0 Å². The first kappa shape index (κ1) is 22.1. The van der Waals surface area contributed by atoms with Crippen LogP contribution in [-0.4, -0.2) is 47.7 Å². The van der Waals surface area contributed by atoms with E-state index >= 15 is 0 Å². The lowest BCUT2D eigenvalue weighted by Gasteiger charge is -2.13. The topological polar surface area (TPSA) is 74.6 Å². The van der Waals surface area contributed by atoms with E-state index in [0.29, 0.717) is 24.6 Å². The summed E-state index contributed by atoms with van der Waals surface area (Å²) in [5.74, 6) is 0.707. The number of guanidine groups is 1. The van der Waals surface area contributed by atoms with Crippen molar-refractivity contribution >= 4 is 11.9 Å². The Morgan fingerprint density at radius 2 is 1.65 bits per heavy atom. The van der Waals surface area contributed by atoms with Crippen LogP contribution in [-0.2, 0) is 13.1 Å². The number of benzene rings is 2. The number of hydrogen-bond donors (Lipinski definition) is 2. The molecule has 0 bridgehead atoms. The number of nitrogens with one attached hydrogen (secondary N) is 2. The van der Waals surface area contributed by atoms with E-state index in [2.05, 4.69) is 34.7 Å². The largest absolute Gasteiger partial charge is 0.352 e. The van der Waals surface area contributed by atoms with Gasteiger partial charge in [0.05, 0.1) is 11.4 Å². The monoisotopic (exact) mass is 418 g/mol. The van der Waals surface area contributed by atoms with Crippen LogP contribution in [0.4, 0.5) is 0 Å². The molecule has 0 radical (unpaired) electrons. The lowest BCUT2D eigenvalue weighted by atomic mass is 10.1. The highest BCUT2D eigenvalue weighted by Crippen LogP contribution is 2.17. The second-order valence-corrected chi connectivity index (χ2v) is 7.57. The van der Waals surface area contributed by atoms with Crippen molar-refractivity contribution in [1.29, 1.82) is 0 Å². The minimum absolute atomic E-state index is 0.00113. The standard InChI is InChI=1S/C24H30N6O/c1-17-22(18(2)30(28-17)21-9-7-6-8-10-21)16-27-24(25-3)26-15-19-11-13-20(14-12-19)23(31)29(4)5/h6-14H,15-16H2,1-5H3,(H2,25,26,27). The quantitative estimate of drug-likeness (QED) is 0.477. The van der Waals surface area contributed by atoms with Gasteiger partial charge >= 0.3 is 0 Å². The Hall–Kier alpha value is -3.61. The van der Waals surface area contributed by atoms with Gasteiger partial charge in [0.1, 0.15) is 0 Å². The zero-order valence-corrected chi connectivity index (χ0v) is 18.8. The van der Waals surface area contributed by atoms with Crippen molar-refractivity contribution in [1.82, 2.24) is 25.3 Å². The molecule has 0 aliphatic heterocycles. The molecule has 1 aromatic heterocycles. The molecule has 3 aromatic rings. The molecule has 7 nitrogen and oxygen atoms in total. The van der Waals surface area contributed by atoms with Gasteiger partial charge in [-0.2, -0.15) is 5.10 Å². The molecule has 2 N–H and O–H groups in total. The van der Waals surface area contributed by atoms with Crippen molar-refractivity contribution in [2.24, 2.45) is 4.99 Å². The van der Waals surface area contributed by atoms with Crippen LogP contribution in [0, 0.1) is 13.8 Å². The summed E-state index contributed by atoms with van der Waals surface area (Å²) in [6.45, 7) is 5.34. The molecule has 1 heterocycles. The van der Waals surface area contributed by atoms with Gasteiger partial charge in [-0.1, -0.05) is 30.3 Å². The molecule has 0 unspecified atom stereocenters. The predicted octanol–water partition coefficient (Wildman–Crippen LogP) is 3.06. The highest BCUT2D eigenvalue weighted by Gasteiger charge is 2.13. The third kappa shape index (κ3) is 5.31. The summed E-state index contributed by atoms with van der Waals surface area (Å²) in [5, 5.41) is 11.4. The smallest absolute Gasteiger partial charge is 0.253 e. The molecular formula is C24H30N6O. The number of carbonyl (C=O) groups excluding carboxylic acids is 1. The molecule has 0 aliphatic carbocycles. The first-order chi connectivity index (χ1) is 14.9. The van der Waals surface area contributed by atoms with Crippen molar-refractivity contribution < 1.29 is 4.79 Å². The van der Waals surface area contributed by atoms with Gasteiger partial charge in [-0.15, -0.1) is 0 Å². The van der Waals surface area contributed by atoms with Gasteiger partial charge in [-0.25, -0.2) is 4.68 Å². The van der Waals surface area contributed by atoms with Crippen molar-refractivity contribution in [3.05, 3.63) is 82.7 Å². The number of rotatable bonds is 6. The minimum atomic E-state index is -0.00113. The van der Waals surface area contributed by atoms with Gasteiger partial charge in [0, 0.05) is 51.1 Å². The van der Waals surface area contributed by atoms with E-state index in [-0.39, 0.29) is 5.91 Å². The predicted molar refractivity (Wildman–Crippen MR) is 125 cm³/mol. The average Bonchev–Trinajstić information content (AvgIpc) is 3.07. The van der Waals surface area contributed by atoms with Crippen LogP contribution in [0.3, 0.4) is 0 Å². The molecule has 2 aromatic carbocycles. The van der Waals surface area contributed by atoms with Crippen LogP contribution in [0.5, 0.6) is 0 Å². The second kappa shape index (κ2) is 9.93. The molecule has 0 spiro atoms. The van der Waals surface area contributed by atoms with Crippen LogP contribution in [0.15, 0.2) is 59.6 Å². The van der Waals surface area contributed by atoms with Crippen LogP contribution < -0.4 is 10.6 Å². The highest BCUT2D eigenvalue weighted by atomic mass is 16.2. The second-order valence-electron chi connectivity index (χ2n) is 7.57. The Bertz CT molecular complexity index is 1050. The minimum Gasteiger partial charge on any atom is -0.352 e. The Kier molecular flexibility index (Phi) is 7.07. The Morgan fingerprint density at radius 1 is 1.00 bits per heavy atom. The van der Waals surface area contributed by atoms with Crippen LogP contribution in [0.1, 0.15) is 32.9 Å². The number of para-hydroxylation sites is 1. The maximum Gasteiger partial charge on any atom is 0.253 e. The van der Waals surface area contributed by atoms with Gasteiger partial charge in [-0.3, -0.25) is 9.79 Å². The average molecular weight is 419 g/mol. The molecular weight excluding hydrogens is 388 g/mol. The van der Waals surface area contributed by atoms with E-state index in [1.54, 1.807) is 26.0 Å². The van der Waals surface area contributed by atoms with Crippen molar-refractivity contribution in [2.75, 3.05) is 21.1 Å². The molecule has 162 valence electrons. The molecule has 1 amide bonds. The Labute approximate surface area is 183 Å². The fourth-order valence-electron chi connectivity index (χ4n) is 3.35. The first-order valence-corrected chi connectivity index (χ1v) is 10.3. The van der Waals surface area contributed by atoms with Crippen LogP contribution in [0.25, 0.3) is 5.69 Å². The molecule has 0 fully saturated rings. The van der Waals surface area contributed by atoms with E-state index < -0.39 is 0 Å². The lowest BCUT2D eigenvalue weighted by molar-refractivity contribution is 0.0827. The van der Waals surface area contributed by atoms with Gasteiger partial charge in [0.25, 0.3) is 5.91 Å². The maximum absolute atomic E-state index is 12.0. The zero-order chi connectivity index (χ0) is 22.4. The number of carbonyl (C=O) groups is 1. The van der Waals surface area contributed by atoms with Gasteiger partial charge < -0.3 is 15.5 Å². The van der Waals surface area contributed by atoms with E-state index in [1.165, 1.54) is 0 Å². The third-order valence-electron chi connectivity index (χ3n) is 5.17. The summed E-state index contributed by atoms with van der Waals surface area (Å²) in [5.41, 5.74) is 6.05. The lowest BCUT2D eigenvalue weighted by Crippen LogP contribution is -2.36. The Balaban J connectivity index is 1.60. The van der Waals surface area contributed by atoms with Crippen molar-refractivity contribution in [3.8, 4) is 5.69 Å². The molecule has 0 saturated heterocycles. The normalized spacial score (nSPS) is 11.3. The van der Waals surface area contributed by atoms with Gasteiger partial charge in [0.15, 0.2) is 5.96 Å². The molecule has 7 heteroatoms. The maximum atomic E-state index is 12.0. The number of aliphatic imine (C=N–C) groups is 1. The third-order valence-corrected chi connectivity index (χ3v) is 5.17. The zero-order valence-electron chi connectivity index (χ0n) is 18.8. The van der Waals surface area contributed by atoms with Gasteiger partial charge in [-0.05, 0) is 43.7 Å². The van der Waals surface area contributed by atoms with E-state index in [1.807, 2.05) is 54.1 Å². The summed E-state index contributed by atoms with van der Waals surface area (Å²) in [4.78, 5) is 17.9. The molecule has 0 saturated carbocycles. The SMILES string of the molecule is CN=C(NCc1ccc(C(=O)N(C)C)cc1)NCc1c(C)nn(-c2ccccc2)c1C. The van der Waals surface area contributed by atoms with E-state index in [0.717, 1.165) is 28.2 Å². The number of nitrogens with zero attached hydrogens (tertiary/aromatic N) is 4. The summed E-state index contributed by atoms with van der Waals surface area (Å²) in [7, 11) is 5.25. The summed E-state index contributed by atoms with van der Waals surface area (Å²) < 4.78 is 1.97. The fraction of sp³-hybridized carbons (Fsp3) is 0.292. The van der Waals surface area contributed by atoms with E-state index in [9.17, 15) is 4.79 Å². The number of aromatic nitrogens is 2. The van der Waals surface area contributed by atoms with Gasteiger partial charge in [0.2, 0.25) is 0 Å². The summed E-state index contributed by atoms with van der Waals surface area (Å²) in [6, 6.07) is 17.7. The molecule has 3 rings (SSSR count). The van der Waals surface area contributed by atoms with E-state index in [4.69, 9.17) is 5.10 Å². The summed E-state index contributed by atoms with van der Waals surface area (Å²) >= 11 is 0. The van der Waals surface area contributed by atoms with Crippen molar-refractivity contribution in [2.45, 2.75) is 26.9 Å².